The van der Waals surface area contributed by atoms with Crippen LogP contribution < -0.4 is 0 Å². The lowest BCUT2D eigenvalue weighted by Gasteiger charge is -2.20. The van der Waals surface area contributed by atoms with Crippen molar-refractivity contribution in [3.8, 4) is 0 Å². The van der Waals surface area contributed by atoms with Crippen molar-refractivity contribution in [2.75, 3.05) is 0 Å². The molecular weight excluding hydrogens is 341 g/mol. The molecule has 7 heteroatoms. The lowest BCUT2D eigenvalue weighted by atomic mass is 10.1. The van der Waals surface area contributed by atoms with E-state index in [1.54, 1.807) is 20.8 Å². The largest absolute Gasteiger partial charge is 0.421 e. The van der Waals surface area contributed by atoms with E-state index in [0.29, 0.717) is 0 Å². The smallest absolute Gasteiger partial charge is 0.251 e. The monoisotopic (exact) mass is 348 g/mol. The number of alkyl halides is 3. The fraction of sp³-hybridized carbons (Fsp3) is 0.625. The minimum Gasteiger partial charge on any atom is -0.251 e. The molecule has 1 aromatic rings. The van der Waals surface area contributed by atoms with E-state index in [4.69, 9.17) is 0 Å². The summed E-state index contributed by atoms with van der Waals surface area (Å²) in [5.74, 6) is 0. The zero-order valence-electron chi connectivity index (χ0n) is 8.28. The fourth-order valence-corrected chi connectivity index (χ4v) is 2.91. The molecule has 0 spiro atoms. The second-order valence-electron chi connectivity index (χ2n) is 4.04. The Kier molecular flexibility index (Phi) is 3.27. The van der Waals surface area contributed by atoms with Gasteiger partial charge in [0, 0.05) is 0 Å². The Morgan fingerprint density at radius 2 is 1.60 bits per heavy atom. The van der Waals surface area contributed by atoms with Gasteiger partial charge in [-0.15, -0.1) is 0 Å². The molecule has 0 radical (unpaired) electrons. The van der Waals surface area contributed by atoms with Crippen molar-refractivity contribution in [3.63, 3.8) is 0 Å². The van der Waals surface area contributed by atoms with Crippen molar-refractivity contribution in [2.24, 2.45) is 0 Å². The van der Waals surface area contributed by atoms with Crippen molar-refractivity contribution < 1.29 is 13.2 Å². The van der Waals surface area contributed by atoms with Gasteiger partial charge in [0.05, 0.1) is 5.54 Å². The number of halogens is 5. The Morgan fingerprint density at radius 3 is 1.80 bits per heavy atom. The van der Waals surface area contributed by atoms with Gasteiger partial charge in [-0.05, 0) is 52.6 Å². The maximum Gasteiger partial charge on any atom is 0.421 e. The highest BCUT2D eigenvalue weighted by Crippen LogP contribution is 2.41. The first kappa shape index (κ1) is 13.0. The van der Waals surface area contributed by atoms with Gasteiger partial charge in [-0.25, -0.2) is 0 Å². The highest BCUT2D eigenvalue weighted by atomic mass is 79.9. The molecule has 2 nitrogen and oxygen atoms in total. The van der Waals surface area contributed by atoms with E-state index in [0.717, 1.165) is 0 Å². The van der Waals surface area contributed by atoms with Crippen LogP contribution in [-0.4, -0.2) is 9.78 Å². The van der Waals surface area contributed by atoms with Gasteiger partial charge in [0.25, 0.3) is 0 Å². The second-order valence-corrected chi connectivity index (χ2v) is 5.54. The summed E-state index contributed by atoms with van der Waals surface area (Å²) in [5.41, 5.74) is -1.29. The van der Waals surface area contributed by atoms with Crippen molar-refractivity contribution in [1.29, 1.82) is 0 Å². The van der Waals surface area contributed by atoms with Crippen LogP contribution in [-0.2, 0) is 11.7 Å². The lowest BCUT2D eigenvalue weighted by Crippen LogP contribution is -2.23. The molecule has 0 fully saturated rings. The molecule has 0 bridgehead atoms. The molecule has 0 unspecified atom stereocenters. The molecule has 86 valence electrons. The van der Waals surface area contributed by atoms with E-state index in [-0.39, 0.29) is 9.21 Å². The van der Waals surface area contributed by atoms with E-state index in [2.05, 4.69) is 37.0 Å². The highest BCUT2D eigenvalue weighted by molar-refractivity contribution is 9.11. The van der Waals surface area contributed by atoms with E-state index < -0.39 is 17.3 Å². The fourth-order valence-electron chi connectivity index (χ4n) is 1.05. The first-order valence-electron chi connectivity index (χ1n) is 4.07. The van der Waals surface area contributed by atoms with Crippen LogP contribution >= 0.6 is 31.9 Å². The maximum atomic E-state index is 12.6. The van der Waals surface area contributed by atoms with Crippen LogP contribution in [0.1, 0.15) is 26.3 Å². The normalized spacial score (nSPS) is 13.3. The van der Waals surface area contributed by atoms with Crippen LogP contribution in [0.2, 0.25) is 0 Å². The van der Waals surface area contributed by atoms with Gasteiger partial charge in [0.15, 0.2) is 0 Å². The molecule has 0 atom stereocenters. The first-order valence-corrected chi connectivity index (χ1v) is 5.65. The van der Waals surface area contributed by atoms with Crippen LogP contribution in [0.5, 0.6) is 0 Å². The van der Waals surface area contributed by atoms with E-state index >= 15 is 0 Å². The molecule has 1 rings (SSSR count). The molecule has 0 saturated heterocycles. The molecule has 0 amide bonds. The third kappa shape index (κ3) is 2.55. The highest BCUT2D eigenvalue weighted by Gasteiger charge is 2.40. The molecule has 1 heterocycles. The Labute approximate surface area is 102 Å². The van der Waals surface area contributed by atoms with E-state index in [1.807, 2.05) is 0 Å². The summed E-state index contributed by atoms with van der Waals surface area (Å²) >= 11 is 5.74. The van der Waals surface area contributed by atoms with Crippen molar-refractivity contribution in [3.05, 3.63) is 14.8 Å². The van der Waals surface area contributed by atoms with Crippen molar-refractivity contribution >= 4 is 31.9 Å². The zero-order valence-corrected chi connectivity index (χ0v) is 11.5. The van der Waals surface area contributed by atoms with Gasteiger partial charge >= 0.3 is 6.18 Å². The van der Waals surface area contributed by atoms with Crippen molar-refractivity contribution in [1.82, 2.24) is 9.78 Å². The number of aromatic nitrogens is 2. The molecule has 0 saturated carbocycles. The maximum absolute atomic E-state index is 12.6. The van der Waals surface area contributed by atoms with Gasteiger partial charge in [-0.2, -0.15) is 18.3 Å². The number of hydrogen-bond donors (Lipinski definition) is 0. The summed E-state index contributed by atoms with van der Waals surface area (Å²) in [5, 5.41) is 3.81. The third-order valence-corrected chi connectivity index (χ3v) is 2.99. The Hall–Kier alpha value is -0.0400. The van der Waals surface area contributed by atoms with Crippen LogP contribution in [0.25, 0.3) is 0 Å². The summed E-state index contributed by atoms with van der Waals surface area (Å²) in [4.78, 5) is 0. The topological polar surface area (TPSA) is 17.8 Å². The minimum atomic E-state index is -4.42. The van der Waals surface area contributed by atoms with Crippen LogP contribution in [0.4, 0.5) is 13.2 Å². The standard InChI is InChI=1S/C8H9Br2F3N2/c1-7(2,3)15-6(10)4(5(9)14-15)8(11,12)13/h1-3H3. The summed E-state index contributed by atoms with van der Waals surface area (Å²) < 4.78 is 38.8. The third-order valence-electron chi connectivity index (χ3n) is 1.71. The van der Waals surface area contributed by atoms with Gasteiger partial charge in [-0.3, -0.25) is 4.68 Å². The van der Waals surface area contributed by atoms with Gasteiger partial charge < -0.3 is 0 Å². The van der Waals surface area contributed by atoms with E-state index in [9.17, 15) is 13.2 Å². The van der Waals surface area contributed by atoms with Crippen LogP contribution in [0, 0.1) is 0 Å². The summed E-state index contributed by atoms with van der Waals surface area (Å²) in [6, 6.07) is 0. The minimum absolute atomic E-state index is 0.0608. The van der Waals surface area contributed by atoms with Crippen molar-refractivity contribution in [2.45, 2.75) is 32.5 Å². The Morgan fingerprint density at radius 1 is 1.13 bits per heavy atom. The average Bonchev–Trinajstić information content (AvgIpc) is 2.22. The second kappa shape index (κ2) is 3.76. The lowest BCUT2D eigenvalue weighted by molar-refractivity contribution is -0.138. The van der Waals surface area contributed by atoms with Gasteiger partial charge in [0.1, 0.15) is 14.8 Å². The Bertz CT molecular complexity index is 376. The molecule has 1 aromatic heterocycles. The van der Waals surface area contributed by atoms with Gasteiger partial charge in [0.2, 0.25) is 0 Å². The predicted octanol–water partition coefficient (Wildman–Crippen LogP) is 4.18. The molecular formula is C8H9Br2F3N2. The molecule has 0 N–H and O–H groups in total. The number of hydrogen-bond acceptors (Lipinski definition) is 1. The van der Waals surface area contributed by atoms with E-state index in [1.165, 1.54) is 4.68 Å². The summed E-state index contributed by atoms with van der Waals surface area (Å²) in [7, 11) is 0. The molecule has 15 heavy (non-hydrogen) atoms. The first-order chi connectivity index (χ1) is 6.55. The molecule has 0 aliphatic heterocycles. The molecule has 0 aliphatic carbocycles. The van der Waals surface area contributed by atoms with Crippen LogP contribution in [0.3, 0.4) is 0 Å². The van der Waals surface area contributed by atoms with Crippen LogP contribution in [0.15, 0.2) is 9.21 Å². The number of rotatable bonds is 0. The molecule has 0 aliphatic rings. The summed E-state index contributed by atoms with van der Waals surface area (Å²) in [6.45, 7) is 5.33. The van der Waals surface area contributed by atoms with Gasteiger partial charge in [-0.1, -0.05) is 0 Å². The Balaban J connectivity index is 3.41. The predicted molar refractivity (Wildman–Crippen MR) is 57.6 cm³/mol. The quantitative estimate of drug-likeness (QED) is 0.687. The SMILES string of the molecule is CC(C)(C)n1nc(Br)c(C(F)(F)F)c1Br. The summed E-state index contributed by atoms with van der Waals surface area (Å²) in [6.07, 6.45) is -4.42. The zero-order chi connectivity index (χ0) is 12.0. The number of nitrogens with zero attached hydrogens (tertiary/aromatic N) is 2. The average molecular weight is 350 g/mol. The molecule has 0 aromatic carbocycles.